The molecule has 1 aromatic carbocycles. The first-order valence-corrected chi connectivity index (χ1v) is 8.87. The average Bonchev–Trinajstić information content (AvgIpc) is 2.97. The van der Waals surface area contributed by atoms with Gasteiger partial charge in [0.2, 0.25) is 15.9 Å². The van der Waals surface area contributed by atoms with E-state index in [-0.39, 0.29) is 5.56 Å². The minimum Gasteiger partial charge on any atom is -0.386 e. The van der Waals surface area contributed by atoms with Gasteiger partial charge in [-0.2, -0.15) is 4.72 Å². The third-order valence-electron chi connectivity index (χ3n) is 3.55. The molecule has 6 nitrogen and oxygen atoms in total. The van der Waals surface area contributed by atoms with Crippen LogP contribution in [0, 0.1) is 5.82 Å². The number of benzene rings is 1. The van der Waals surface area contributed by atoms with Crippen molar-refractivity contribution < 1.29 is 22.7 Å². The summed E-state index contributed by atoms with van der Waals surface area (Å²) in [4.78, 5) is 14.0. The zero-order valence-electron chi connectivity index (χ0n) is 12.2. The molecule has 1 amide bonds. The fourth-order valence-electron chi connectivity index (χ4n) is 2.47. The summed E-state index contributed by atoms with van der Waals surface area (Å²) in [5.41, 5.74) is 0.273. The summed E-state index contributed by atoms with van der Waals surface area (Å²) < 4.78 is 38.1. The van der Waals surface area contributed by atoms with Gasteiger partial charge in [0.25, 0.3) is 0 Å². The van der Waals surface area contributed by atoms with Crippen LogP contribution in [0.1, 0.15) is 24.5 Å². The summed E-state index contributed by atoms with van der Waals surface area (Å²) in [6.45, 7) is 1.08. The second-order valence-electron chi connectivity index (χ2n) is 5.40. The lowest BCUT2D eigenvalue weighted by Crippen LogP contribution is -2.50. The van der Waals surface area contributed by atoms with Crippen molar-refractivity contribution in [3.8, 4) is 0 Å². The van der Waals surface area contributed by atoms with E-state index in [0.29, 0.717) is 13.1 Å². The predicted molar refractivity (Wildman–Crippen MR) is 78.9 cm³/mol. The number of carbonyl (C=O) groups is 1. The maximum atomic E-state index is 13.0. The van der Waals surface area contributed by atoms with E-state index in [1.807, 2.05) is 0 Å². The highest BCUT2D eigenvalue weighted by Gasteiger charge is 2.34. The minimum absolute atomic E-state index is 0.273. The van der Waals surface area contributed by atoms with Gasteiger partial charge in [0.1, 0.15) is 18.0 Å². The Morgan fingerprint density at radius 1 is 1.27 bits per heavy atom. The highest BCUT2D eigenvalue weighted by Crippen LogP contribution is 2.21. The van der Waals surface area contributed by atoms with E-state index in [4.69, 9.17) is 0 Å². The van der Waals surface area contributed by atoms with Gasteiger partial charge in [0, 0.05) is 13.1 Å². The second-order valence-corrected chi connectivity index (χ2v) is 7.18. The molecule has 122 valence electrons. The van der Waals surface area contributed by atoms with Gasteiger partial charge in [-0.25, -0.2) is 12.8 Å². The molecule has 0 saturated carbocycles. The number of rotatable bonds is 5. The zero-order valence-corrected chi connectivity index (χ0v) is 13.0. The van der Waals surface area contributed by atoms with Crippen LogP contribution in [-0.4, -0.2) is 49.7 Å². The molecule has 2 unspecified atom stereocenters. The Labute approximate surface area is 129 Å². The van der Waals surface area contributed by atoms with Crippen LogP contribution in [0.5, 0.6) is 0 Å². The molecule has 2 N–H and O–H groups in total. The number of sulfonamides is 1. The van der Waals surface area contributed by atoms with Crippen LogP contribution in [0.4, 0.5) is 4.39 Å². The van der Waals surface area contributed by atoms with Gasteiger partial charge in [0.05, 0.1) is 6.26 Å². The number of aliphatic hydroxyl groups is 1. The standard InChI is InChI=1S/C14H19FN2O4S/c1-22(20,21)16-12(14(19)17-8-2-3-9-17)13(18)10-4-6-11(15)7-5-10/h4-7,12-13,16,18H,2-3,8-9H2,1H3. The first kappa shape index (κ1) is 16.9. The number of carbonyl (C=O) groups excluding carboxylic acids is 1. The summed E-state index contributed by atoms with van der Waals surface area (Å²) >= 11 is 0. The molecule has 22 heavy (non-hydrogen) atoms. The quantitative estimate of drug-likeness (QED) is 0.818. The van der Waals surface area contributed by atoms with E-state index in [1.54, 1.807) is 0 Å². The van der Waals surface area contributed by atoms with Gasteiger partial charge in [-0.1, -0.05) is 12.1 Å². The summed E-state index contributed by atoms with van der Waals surface area (Å²) in [6, 6.07) is 3.63. The number of nitrogens with one attached hydrogen (secondary N) is 1. The van der Waals surface area contributed by atoms with Crippen LogP contribution in [0.2, 0.25) is 0 Å². The third kappa shape index (κ3) is 4.25. The zero-order chi connectivity index (χ0) is 16.3. The number of likely N-dealkylation sites (tertiary alicyclic amines) is 1. The number of amides is 1. The van der Waals surface area contributed by atoms with Crippen molar-refractivity contribution in [3.05, 3.63) is 35.6 Å². The fraction of sp³-hybridized carbons (Fsp3) is 0.500. The fourth-order valence-corrected chi connectivity index (χ4v) is 3.16. The Bertz CT molecular complexity index is 627. The molecule has 2 atom stereocenters. The van der Waals surface area contributed by atoms with Gasteiger partial charge >= 0.3 is 0 Å². The van der Waals surface area contributed by atoms with Crippen molar-refractivity contribution in [2.45, 2.75) is 25.0 Å². The molecule has 0 spiro atoms. The molecule has 1 saturated heterocycles. The lowest BCUT2D eigenvalue weighted by atomic mass is 10.0. The Morgan fingerprint density at radius 2 is 1.82 bits per heavy atom. The Morgan fingerprint density at radius 3 is 2.32 bits per heavy atom. The molecule has 1 aliphatic heterocycles. The Hall–Kier alpha value is -1.51. The first-order chi connectivity index (χ1) is 10.3. The van der Waals surface area contributed by atoms with Crippen molar-refractivity contribution in [1.82, 2.24) is 9.62 Å². The van der Waals surface area contributed by atoms with Crippen LogP contribution in [0.3, 0.4) is 0 Å². The van der Waals surface area contributed by atoms with Crippen LogP contribution in [0.25, 0.3) is 0 Å². The number of halogens is 1. The summed E-state index contributed by atoms with van der Waals surface area (Å²) in [6.07, 6.45) is 1.24. The largest absolute Gasteiger partial charge is 0.386 e. The summed E-state index contributed by atoms with van der Waals surface area (Å²) in [5, 5.41) is 10.4. The Kier molecular flexibility index (Phi) is 5.15. The van der Waals surface area contributed by atoms with Gasteiger partial charge in [0.15, 0.2) is 0 Å². The van der Waals surface area contributed by atoms with E-state index < -0.39 is 33.9 Å². The third-order valence-corrected chi connectivity index (χ3v) is 4.23. The molecular weight excluding hydrogens is 311 g/mol. The van der Waals surface area contributed by atoms with Crippen LogP contribution in [-0.2, 0) is 14.8 Å². The topological polar surface area (TPSA) is 86.7 Å². The molecule has 8 heteroatoms. The molecule has 0 bridgehead atoms. The van der Waals surface area contributed by atoms with E-state index >= 15 is 0 Å². The van der Waals surface area contributed by atoms with E-state index in [9.17, 15) is 22.7 Å². The van der Waals surface area contributed by atoms with Gasteiger partial charge in [-0.05, 0) is 30.5 Å². The monoisotopic (exact) mass is 330 g/mol. The van der Waals surface area contributed by atoms with Crippen molar-refractivity contribution in [2.24, 2.45) is 0 Å². The van der Waals surface area contributed by atoms with Gasteiger partial charge in [-0.3, -0.25) is 4.79 Å². The normalized spacial score (nSPS) is 18.2. The maximum Gasteiger partial charge on any atom is 0.243 e. The van der Waals surface area contributed by atoms with E-state index in [2.05, 4.69) is 4.72 Å². The summed E-state index contributed by atoms with van der Waals surface area (Å²) in [5.74, 6) is -0.950. The van der Waals surface area contributed by atoms with Crippen molar-refractivity contribution in [1.29, 1.82) is 0 Å². The van der Waals surface area contributed by atoms with Crippen molar-refractivity contribution in [3.63, 3.8) is 0 Å². The maximum absolute atomic E-state index is 13.0. The summed E-state index contributed by atoms with van der Waals surface area (Å²) in [7, 11) is -3.69. The molecule has 1 heterocycles. The van der Waals surface area contributed by atoms with Crippen molar-refractivity contribution >= 4 is 15.9 Å². The lowest BCUT2D eigenvalue weighted by Gasteiger charge is -2.27. The molecule has 0 radical (unpaired) electrons. The number of aliphatic hydroxyl groups excluding tert-OH is 1. The van der Waals surface area contributed by atoms with Crippen LogP contribution < -0.4 is 4.72 Å². The average molecular weight is 330 g/mol. The number of hydrogen-bond acceptors (Lipinski definition) is 4. The van der Waals surface area contributed by atoms with E-state index in [0.717, 1.165) is 31.2 Å². The molecular formula is C14H19FN2O4S. The van der Waals surface area contributed by atoms with Crippen LogP contribution in [0.15, 0.2) is 24.3 Å². The highest BCUT2D eigenvalue weighted by molar-refractivity contribution is 7.88. The van der Waals surface area contributed by atoms with Gasteiger partial charge < -0.3 is 10.0 Å². The molecule has 1 fully saturated rings. The Balaban J connectivity index is 2.26. The SMILES string of the molecule is CS(=O)(=O)NC(C(=O)N1CCCC1)C(O)c1ccc(F)cc1. The molecule has 0 aromatic heterocycles. The van der Waals surface area contributed by atoms with Crippen molar-refractivity contribution in [2.75, 3.05) is 19.3 Å². The predicted octanol–water partition coefficient (Wildman–Crippen LogP) is 0.399. The number of hydrogen-bond donors (Lipinski definition) is 2. The smallest absolute Gasteiger partial charge is 0.243 e. The minimum atomic E-state index is -3.69. The second kappa shape index (κ2) is 6.72. The lowest BCUT2D eigenvalue weighted by molar-refractivity contribution is -0.134. The molecule has 2 rings (SSSR count). The first-order valence-electron chi connectivity index (χ1n) is 6.97. The number of nitrogens with zero attached hydrogens (tertiary/aromatic N) is 1. The van der Waals surface area contributed by atoms with Crippen LogP contribution >= 0.6 is 0 Å². The molecule has 1 aliphatic rings. The molecule has 1 aromatic rings. The highest BCUT2D eigenvalue weighted by atomic mass is 32.2. The molecule has 0 aliphatic carbocycles. The van der Waals surface area contributed by atoms with E-state index in [1.165, 1.54) is 17.0 Å². The van der Waals surface area contributed by atoms with Gasteiger partial charge in [-0.15, -0.1) is 0 Å².